The normalized spacial score (nSPS) is 10.7. The van der Waals surface area contributed by atoms with E-state index in [1.54, 1.807) is 31.2 Å². The molecule has 144 valence electrons. The lowest BCUT2D eigenvalue weighted by Crippen LogP contribution is -2.15. The second-order valence-electron chi connectivity index (χ2n) is 6.16. The van der Waals surface area contributed by atoms with Crippen molar-refractivity contribution in [3.63, 3.8) is 0 Å². The summed E-state index contributed by atoms with van der Waals surface area (Å²) in [5.74, 6) is -1.17. The average Bonchev–Trinajstić information content (AvgIpc) is 3.10. The Morgan fingerprint density at radius 3 is 2.50 bits per heavy atom. The molecule has 0 fully saturated rings. The zero-order chi connectivity index (χ0) is 20.3. The summed E-state index contributed by atoms with van der Waals surface area (Å²) in [5.41, 5.74) is 2.48. The quantitative estimate of drug-likeness (QED) is 0.513. The number of carbonyl (C=O) groups is 3. The van der Waals surface area contributed by atoms with Crippen LogP contribution in [0, 0.1) is 13.8 Å². The Morgan fingerprint density at radius 1 is 1.11 bits per heavy atom. The summed E-state index contributed by atoms with van der Waals surface area (Å²) in [6, 6.07) is 8.15. The number of anilines is 1. The summed E-state index contributed by atoms with van der Waals surface area (Å²) >= 11 is 0. The van der Waals surface area contributed by atoms with Crippen LogP contribution in [0.15, 0.2) is 30.3 Å². The predicted octanol–water partition coefficient (Wildman–Crippen LogP) is 2.13. The molecule has 2 aromatic heterocycles. The van der Waals surface area contributed by atoms with Gasteiger partial charge in [0.1, 0.15) is 0 Å². The molecule has 9 nitrogen and oxygen atoms in total. The van der Waals surface area contributed by atoms with Crippen LogP contribution in [0.25, 0.3) is 5.78 Å². The summed E-state index contributed by atoms with van der Waals surface area (Å²) in [6.07, 6.45) is 0.363. The Labute approximate surface area is 160 Å². The van der Waals surface area contributed by atoms with E-state index in [2.05, 4.69) is 20.4 Å². The number of ether oxygens (including phenoxy) is 1. The van der Waals surface area contributed by atoms with E-state index >= 15 is 0 Å². The molecule has 0 saturated heterocycles. The number of nitrogens with one attached hydrogen (secondary N) is 1. The first kappa shape index (κ1) is 19.2. The van der Waals surface area contributed by atoms with Gasteiger partial charge in [-0.25, -0.2) is 14.3 Å². The molecule has 0 radical (unpaired) electrons. The van der Waals surface area contributed by atoms with Gasteiger partial charge in [-0.1, -0.05) is 6.92 Å². The zero-order valence-electron chi connectivity index (χ0n) is 15.7. The lowest BCUT2D eigenvalue weighted by molar-refractivity contribution is -0.115. The van der Waals surface area contributed by atoms with Gasteiger partial charge in [-0.05, 0) is 44.2 Å². The molecule has 3 rings (SSSR count). The summed E-state index contributed by atoms with van der Waals surface area (Å²) < 4.78 is 6.47. The van der Waals surface area contributed by atoms with E-state index < -0.39 is 12.6 Å². The van der Waals surface area contributed by atoms with Gasteiger partial charge in [-0.3, -0.25) is 9.59 Å². The maximum atomic E-state index is 12.2. The molecule has 0 spiro atoms. The van der Waals surface area contributed by atoms with Gasteiger partial charge in [-0.15, -0.1) is 5.10 Å². The van der Waals surface area contributed by atoms with E-state index in [0.29, 0.717) is 23.4 Å². The molecule has 28 heavy (non-hydrogen) atoms. The van der Waals surface area contributed by atoms with Gasteiger partial charge in [-0.2, -0.15) is 4.98 Å². The first-order chi connectivity index (χ1) is 13.4. The number of nitrogens with zero attached hydrogens (tertiary/aromatic N) is 4. The molecule has 0 saturated carbocycles. The fourth-order valence-corrected chi connectivity index (χ4v) is 2.52. The first-order valence-corrected chi connectivity index (χ1v) is 8.68. The summed E-state index contributed by atoms with van der Waals surface area (Å²) in [7, 11) is 0. The van der Waals surface area contributed by atoms with Gasteiger partial charge in [0.15, 0.2) is 12.4 Å². The molecular formula is C19H19N5O4. The number of carbonyl (C=O) groups excluding carboxylic acids is 3. The lowest BCUT2D eigenvalue weighted by Gasteiger charge is -2.05. The van der Waals surface area contributed by atoms with Crippen molar-refractivity contribution in [2.45, 2.75) is 27.2 Å². The third-order valence-electron chi connectivity index (χ3n) is 3.95. The van der Waals surface area contributed by atoms with Crippen molar-refractivity contribution >= 4 is 29.1 Å². The number of hydrogen-bond donors (Lipinski definition) is 1. The summed E-state index contributed by atoms with van der Waals surface area (Å²) in [4.78, 5) is 44.0. The van der Waals surface area contributed by atoms with E-state index in [4.69, 9.17) is 4.74 Å². The third-order valence-corrected chi connectivity index (χ3v) is 3.95. The Balaban J connectivity index is 1.63. The molecule has 0 aliphatic carbocycles. The van der Waals surface area contributed by atoms with Gasteiger partial charge in [0.2, 0.25) is 5.91 Å². The summed E-state index contributed by atoms with van der Waals surface area (Å²) in [6.45, 7) is 4.94. The molecule has 1 aromatic carbocycles. The van der Waals surface area contributed by atoms with Gasteiger partial charge in [0.05, 0.1) is 0 Å². The molecular weight excluding hydrogens is 362 g/mol. The maximum Gasteiger partial charge on any atom is 0.378 e. The minimum atomic E-state index is -0.803. The number of benzene rings is 1. The van der Waals surface area contributed by atoms with Crippen molar-refractivity contribution in [2.24, 2.45) is 0 Å². The van der Waals surface area contributed by atoms with Gasteiger partial charge >= 0.3 is 5.97 Å². The van der Waals surface area contributed by atoms with Crippen LogP contribution >= 0.6 is 0 Å². The molecule has 1 N–H and O–H groups in total. The van der Waals surface area contributed by atoms with Crippen LogP contribution in [-0.2, 0) is 9.53 Å². The van der Waals surface area contributed by atoms with Crippen LogP contribution in [-0.4, -0.2) is 43.8 Å². The maximum absolute atomic E-state index is 12.2. The number of amides is 1. The second kappa shape index (κ2) is 7.95. The average molecular weight is 381 g/mol. The van der Waals surface area contributed by atoms with E-state index in [9.17, 15) is 14.4 Å². The first-order valence-electron chi connectivity index (χ1n) is 8.68. The number of ketones is 1. The summed E-state index contributed by atoms with van der Waals surface area (Å²) in [5, 5.41) is 6.76. The fourth-order valence-electron chi connectivity index (χ4n) is 2.52. The SMILES string of the molecule is CCC(=O)Nc1ccc(C(=O)COC(=O)c2nc3nc(C)cc(C)n3n2)cc1. The van der Waals surface area contributed by atoms with E-state index in [-0.39, 0.29) is 17.5 Å². The Bertz CT molecular complexity index is 1060. The molecule has 0 aliphatic rings. The Kier molecular flexibility index (Phi) is 5.44. The number of rotatable bonds is 6. The smallest absolute Gasteiger partial charge is 0.378 e. The highest BCUT2D eigenvalue weighted by atomic mass is 16.5. The largest absolute Gasteiger partial charge is 0.451 e. The van der Waals surface area contributed by atoms with Crippen molar-refractivity contribution in [3.05, 3.63) is 53.1 Å². The van der Waals surface area contributed by atoms with Crippen molar-refractivity contribution in [3.8, 4) is 0 Å². The Morgan fingerprint density at radius 2 is 1.82 bits per heavy atom. The van der Waals surface area contributed by atoms with Crippen molar-refractivity contribution in [1.82, 2.24) is 19.6 Å². The predicted molar refractivity (Wildman–Crippen MR) is 100 cm³/mol. The van der Waals surface area contributed by atoms with Crippen LogP contribution in [0.5, 0.6) is 0 Å². The van der Waals surface area contributed by atoms with Crippen LogP contribution in [0.2, 0.25) is 0 Å². The monoisotopic (exact) mass is 381 g/mol. The minimum absolute atomic E-state index is 0.118. The highest BCUT2D eigenvalue weighted by molar-refractivity contribution is 5.99. The van der Waals surface area contributed by atoms with Gasteiger partial charge in [0.25, 0.3) is 11.6 Å². The van der Waals surface area contributed by atoms with E-state index in [1.165, 1.54) is 4.52 Å². The number of aromatic nitrogens is 4. The zero-order valence-corrected chi connectivity index (χ0v) is 15.7. The second-order valence-corrected chi connectivity index (χ2v) is 6.16. The van der Waals surface area contributed by atoms with E-state index in [1.807, 2.05) is 19.9 Å². The van der Waals surface area contributed by atoms with Gasteiger partial charge < -0.3 is 10.1 Å². The highest BCUT2D eigenvalue weighted by Gasteiger charge is 2.18. The van der Waals surface area contributed by atoms with Crippen LogP contribution < -0.4 is 5.32 Å². The molecule has 3 aromatic rings. The lowest BCUT2D eigenvalue weighted by atomic mass is 10.1. The number of Topliss-reactive ketones (excluding diaryl/α,β-unsaturated/α-hetero) is 1. The van der Waals surface area contributed by atoms with Gasteiger partial charge in [0, 0.05) is 29.1 Å². The number of fused-ring (bicyclic) bond motifs is 1. The highest BCUT2D eigenvalue weighted by Crippen LogP contribution is 2.11. The molecule has 0 unspecified atom stereocenters. The standard InChI is InChI=1S/C19H19N5O4/c1-4-16(26)21-14-7-5-13(6-8-14)15(25)10-28-18(27)17-22-19-20-11(2)9-12(3)24(19)23-17/h5-9H,4,10H2,1-3H3,(H,21,26). The number of aryl methyl sites for hydroxylation is 2. The Hall–Kier alpha value is -3.62. The van der Waals surface area contributed by atoms with E-state index in [0.717, 1.165) is 11.4 Å². The molecule has 1 amide bonds. The van der Waals surface area contributed by atoms with Crippen molar-refractivity contribution < 1.29 is 19.1 Å². The molecule has 0 aliphatic heterocycles. The molecule has 0 atom stereocenters. The fraction of sp³-hybridized carbons (Fsp3) is 0.263. The molecule has 0 bridgehead atoms. The van der Waals surface area contributed by atoms with Crippen LogP contribution in [0.1, 0.15) is 45.7 Å². The topological polar surface area (TPSA) is 116 Å². The van der Waals surface area contributed by atoms with Crippen LogP contribution in [0.4, 0.5) is 5.69 Å². The number of esters is 1. The molecule has 9 heteroatoms. The number of hydrogen-bond acceptors (Lipinski definition) is 7. The third kappa shape index (κ3) is 4.20. The molecule has 2 heterocycles. The minimum Gasteiger partial charge on any atom is -0.451 e. The van der Waals surface area contributed by atoms with Crippen molar-refractivity contribution in [1.29, 1.82) is 0 Å². The van der Waals surface area contributed by atoms with Crippen molar-refractivity contribution in [2.75, 3.05) is 11.9 Å². The van der Waals surface area contributed by atoms with Crippen LogP contribution in [0.3, 0.4) is 0 Å².